The fourth-order valence-electron chi connectivity index (χ4n) is 2.47. The molecule has 34 heavy (non-hydrogen) atoms. The van der Waals surface area contributed by atoms with Crippen molar-refractivity contribution in [3.05, 3.63) is 22.1 Å². The lowest BCUT2D eigenvalue weighted by Gasteiger charge is -2.15. The largest absolute Gasteiger partial charge is 0.370 e. The molecule has 0 atom stereocenters. The summed E-state index contributed by atoms with van der Waals surface area (Å²) in [6, 6.07) is 0. The Kier molecular flexibility index (Phi) is 9.51. The summed E-state index contributed by atoms with van der Waals surface area (Å²) < 4.78 is 31.5. The molecule has 0 aliphatic carbocycles. The predicted octanol–water partition coefficient (Wildman–Crippen LogP) is 1.00. The summed E-state index contributed by atoms with van der Waals surface area (Å²) in [6.07, 6.45) is 0.903. The number of amidine groups is 2. The molecular weight excluding hydrogens is 539 g/mol. The number of nitrogens with one attached hydrogen (secondary N) is 1. The number of hydrogen-bond donors (Lipinski definition) is 5. The lowest BCUT2D eigenvalue weighted by Crippen LogP contribution is -2.35. The zero-order chi connectivity index (χ0) is 24.6. The first-order valence-corrected chi connectivity index (χ1v) is 15.1. The first-order chi connectivity index (χ1) is 16.2. The van der Waals surface area contributed by atoms with Crippen LogP contribution >= 0.6 is 46.2 Å². The number of aromatic nitrogens is 2. The summed E-state index contributed by atoms with van der Waals surface area (Å²) in [6.45, 7) is 0. The van der Waals surface area contributed by atoms with E-state index in [-0.39, 0.29) is 11.9 Å². The van der Waals surface area contributed by atoms with E-state index >= 15 is 0 Å². The monoisotopic (exact) mass is 561 g/mol. The highest BCUT2D eigenvalue weighted by Gasteiger charge is 2.19. The number of nitrogens with two attached hydrogens (primary N) is 4. The number of thiazole rings is 2. The average molecular weight is 562 g/mol. The van der Waals surface area contributed by atoms with Gasteiger partial charge in [-0.15, -0.1) is 31.5 Å². The van der Waals surface area contributed by atoms with Crippen molar-refractivity contribution in [3.8, 4) is 0 Å². The van der Waals surface area contributed by atoms with Crippen molar-refractivity contribution in [1.29, 1.82) is 0 Å². The molecule has 0 aromatic carbocycles. The molecule has 0 saturated heterocycles. The minimum absolute atomic E-state index is 0.0351. The van der Waals surface area contributed by atoms with E-state index < -0.39 is 10.2 Å². The van der Waals surface area contributed by atoms with E-state index in [2.05, 4.69) is 34.1 Å². The van der Waals surface area contributed by atoms with E-state index in [1.165, 1.54) is 22.7 Å². The van der Waals surface area contributed by atoms with Gasteiger partial charge in [0.1, 0.15) is 11.7 Å². The van der Waals surface area contributed by atoms with E-state index in [0.29, 0.717) is 57.8 Å². The standard InChI is InChI=1S/C16H23N11O2S5/c17-13(18)24-15-21-9(7-32-15)5-30-3-1-11-23-12(27-34(28,29)26-11)2-4-31-6-10-8-33-16(22-10)25-14(19)20/h7-8H,1-6H2,(H,23,26,27)(H4,17,18,21,24)(H4,19,20,22,25). The van der Waals surface area contributed by atoms with Crippen molar-refractivity contribution in [3.63, 3.8) is 0 Å². The summed E-state index contributed by atoms with van der Waals surface area (Å²) in [5.74, 6) is 3.29. The Hall–Kier alpha value is -2.41. The van der Waals surface area contributed by atoms with Crippen molar-refractivity contribution in [1.82, 2.24) is 15.3 Å². The van der Waals surface area contributed by atoms with Gasteiger partial charge in [-0.3, -0.25) is 0 Å². The van der Waals surface area contributed by atoms with Crippen molar-refractivity contribution in [2.45, 2.75) is 24.3 Å². The molecule has 2 aromatic rings. The highest BCUT2D eigenvalue weighted by molar-refractivity contribution is 7.98. The van der Waals surface area contributed by atoms with E-state index in [0.717, 1.165) is 11.4 Å². The van der Waals surface area contributed by atoms with Crippen molar-refractivity contribution in [2.75, 3.05) is 11.5 Å². The fraction of sp³-hybridized carbons (Fsp3) is 0.375. The van der Waals surface area contributed by atoms with Crippen LogP contribution in [0.5, 0.6) is 0 Å². The lowest BCUT2D eigenvalue weighted by atomic mass is 10.4. The number of hydrogen-bond acceptors (Lipinski definition) is 11. The van der Waals surface area contributed by atoms with Gasteiger partial charge in [0.15, 0.2) is 11.9 Å². The molecule has 0 unspecified atom stereocenters. The normalized spacial score (nSPS) is 14.6. The van der Waals surface area contributed by atoms with Crippen LogP contribution in [0.3, 0.4) is 0 Å². The van der Waals surface area contributed by atoms with E-state index in [1.807, 2.05) is 10.8 Å². The van der Waals surface area contributed by atoms with Crippen LogP contribution in [-0.4, -0.2) is 53.5 Å². The van der Waals surface area contributed by atoms with Gasteiger partial charge in [-0.25, -0.2) is 9.97 Å². The molecule has 0 radical (unpaired) electrons. The SMILES string of the molecule is NC(N)=Nc1nc(CSCCC2=NS(=O)(=O)N=C(CCSCc3csc(N=C(N)N)n3)N2)cs1. The summed E-state index contributed by atoms with van der Waals surface area (Å²) in [5.41, 5.74) is 23.1. The van der Waals surface area contributed by atoms with Gasteiger partial charge < -0.3 is 28.3 Å². The third-order valence-corrected chi connectivity index (χ3v) is 8.19. The van der Waals surface area contributed by atoms with Crippen molar-refractivity contribution < 1.29 is 8.42 Å². The highest BCUT2D eigenvalue weighted by Crippen LogP contribution is 2.23. The maximum atomic E-state index is 12.0. The molecule has 0 saturated carbocycles. The quantitative estimate of drug-likeness (QED) is 0.139. The zero-order valence-corrected chi connectivity index (χ0v) is 21.8. The molecule has 1 aliphatic rings. The van der Waals surface area contributed by atoms with E-state index in [4.69, 9.17) is 22.9 Å². The van der Waals surface area contributed by atoms with E-state index in [9.17, 15) is 8.42 Å². The molecule has 3 rings (SSSR count). The van der Waals surface area contributed by atoms with Gasteiger partial charge in [0, 0.05) is 46.6 Å². The molecular formula is C16H23N11O2S5. The Balaban J connectivity index is 1.40. The smallest absolute Gasteiger partial charge is 0.366 e. The number of aliphatic imine (C=N–C) groups is 2. The van der Waals surface area contributed by atoms with Crippen LogP contribution in [0, 0.1) is 0 Å². The number of guanidine groups is 2. The molecule has 0 fully saturated rings. The maximum Gasteiger partial charge on any atom is 0.366 e. The highest BCUT2D eigenvalue weighted by atomic mass is 32.2. The molecule has 1 aliphatic heterocycles. The first kappa shape index (κ1) is 26.2. The Bertz CT molecular complexity index is 1120. The van der Waals surface area contributed by atoms with Crippen LogP contribution in [0.1, 0.15) is 24.2 Å². The van der Waals surface area contributed by atoms with Gasteiger partial charge >= 0.3 is 10.2 Å². The minimum atomic E-state index is -3.88. The molecule has 3 heterocycles. The molecule has 0 bridgehead atoms. The number of thioether (sulfide) groups is 2. The van der Waals surface area contributed by atoms with Crippen molar-refractivity contribution >= 4 is 90.3 Å². The second-order valence-electron chi connectivity index (χ2n) is 6.57. The van der Waals surface area contributed by atoms with Gasteiger partial charge in [0.25, 0.3) is 0 Å². The van der Waals surface area contributed by atoms with E-state index in [1.54, 1.807) is 23.5 Å². The third kappa shape index (κ3) is 9.09. The Labute approximate surface area is 212 Å². The van der Waals surface area contributed by atoms with Crippen LogP contribution in [0.2, 0.25) is 0 Å². The van der Waals surface area contributed by atoms with Gasteiger partial charge in [-0.05, 0) is 0 Å². The zero-order valence-electron chi connectivity index (χ0n) is 17.7. The summed E-state index contributed by atoms with van der Waals surface area (Å²) in [5, 5.41) is 7.80. The summed E-state index contributed by atoms with van der Waals surface area (Å²) in [4.78, 5) is 16.4. The average Bonchev–Trinajstić information content (AvgIpc) is 3.36. The van der Waals surface area contributed by atoms with Crippen LogP contribution in [0.4, 0.5) is 10.3 Å². The molecule has 18 heteroatoms. The predicted molar refractivity (Wildman–Crippen MR) is 144 cm³/mol. The second-order valence-corrected chi connectivity index (χ2v) is 11.7. The Morgan fingerprint density at radius 2 is 1.29 bits per heavy atom. The minimum Gasteiger partial charge on any atom is -0.370 e. The summed E-state index contributed by atoms with van der Waals surface area (Å²) in [7, 11) is -3.88. The number of rotatable bonds is 12. The second kappa shape index (κ2) is 12.3. The van der Waals surface area contributed by atoms with Gasteiger partial charge in [0.2, 0.25) is 10.3 Å². The van der Waals surface area contributed by atoms with Crippen LogP contribution < -0.4 is 28.3 Å². The first-order valence-electron chi connectivity index (χ1n) is 9.62. The molecule has 13 nitrogen and oxygen atoms in total. The molecule has 0 spiro atoms. The maximum absolute atomic E-state index is 12.0. The Morgan fingerprint density at radius 3 is 1.71 bits per heavy atom. The molecule has 0 amide bonds. The molecule has 184 valence electrons. The topological polar surface area (TPSA) is 225 Å². The molecule has 2 aromatic heterocycles. The van der Waals surface area contributed by atoms with Crippen LogP contribution in [0.15, 0.2) is 29.5 Å². The molecule has 9 N–H and O–H groups in total. The van der Waals surface area contributed by atoms with Crippen LogP contribution in [-0.2, 0) is 21.7 Å². The fourth-order valence-corrected chi connectivity index (χ4v) is 6.64. The number of nitrogens with zero attached hydrogens (tertiary/aromatic N) is 6. The lowest BCUT2D eigenvalue weighted by molar-refractivity contribution is 0.598. The van der Waals surface area contributed by atoms with Gasteiger partial charge in [-0.2, -0.15) is 41.9 Å². The van der Waals surface area contributed by atoms with Crippen molar-refractivity contribution in [2.24, 2.45) is 41.7 Å². The summed E-state index contributed by atoms with van der Waals surface area (Å²) >= 11 is 5.90. The Morgan fingerprint density at radius 1 is 0.853 bits per heavy atom. The van der Waals surface area contributed by atoms with Crippen LogP contribution in [0.25, 0.3) is 0 Å². The third-order valence-electron chi connectivity index (χ3n) is 3.73. The van der Waals surface area contributed by atoms with Gasteiger partial charge in [0.05, 0.1) is 11.4 Å². The van der Waals surface area contributed by atoms with Gasteiger partial charge in [-0.1, -0.05) is 0 Å².